The fraction of sp³-hybridized carbons (Fsp3) is 0.154. The second-order valence-corrected chi connectivity index (χ2v) is 3.40. The Balaban J connectivity index is 1.75. The molecule has 0 spiro atoms. The van der Waals surface area contributed by atoms with E-state index < -0.39 is 0 Å². The molecule has 4 heteroatoms. The number of hydrogen-bond donors (Lipinski definition) is 1. The van der Waals surface area contributed by atoms with Crippen molar-refractivity contribution in [3.63, 3.8) is 0 Å². The Morgan fingerprint density at radius 3 is 2.35 bits per heavy atom. The van der Waals surface area contributed by atoms with Crippen LogP contribution in [0.5, 0.6) is 11.5 Å². The summed E-state index contributed by atoms with van der Waals surface area (Å²) in [4.78, 5) is 13.5. The summed E-state index contributed by atoms with van der Waals surface area (Å²) in [6, 6.07) is 12.6. The number of aromatic amines is 1. The van der Waals surface area contributed by atoms with Gasteiger partial charge in [-0.25, -0.2) is 0 Å². The van der Waals surface area contributed by atoms with Crippen LogP contribution in [0.1, 0.15) is 0 Å². The molecule has 88 valence electrons. The number of H-pyrrole nitrogens is 1. The molecule has 0 bridgehead atoms. The van der Waals surface area contributed by atoms with Crippen molar-refractivity contribution in [2.24, 2.45) is 0 Å². The second-order valence-electron chi connectivity index (χ2n) is 3.40. The molecule has 0 aliphatic heterocycles. The molecule has 0 radical (unpaired) electrons. The van der Waals surface area contributed by atoms with Gasteiger partial charge in [-0.3, -0.25) is 4.79 Å². The van der Waals surface area contributed by atoms with Gasteiger partial charge >= 0.3 is 0 Å². The van der Waals surface area contributed by atoms with Crippen molar-refractivity contribution >= 4 is 0 Å². The molecule has 2 rings (SSSR count). The minimum Gasteiger partial charge on any atom is -0.490 e. The molecule has 1 heterocycles. The molecule has 1 N–H and O–H groups in total. The Morgan fingerprint density at radius 1 is 0.941 bits per heavy atom. The summed E-state index contributed by atoms with van der Waals surface area (Å²) in [6.07, 6.45) is 1.55. The quantitative estimate of drug-likeness (QED) is 0.799. The highest BCUT2D eigenvalue weighted by molar-refractivity contribution is 5.21. The molecule has 0 unspecified atom stereocenters. The lowest BCUT2D eigenvalue weighted by molar-refractivity contribution is 0.217. The summed E-state index contributed by atoms with van der Waals surface area (Å²) in [5.74, 6) is 1.35. The topological polar surface area (TPSA) is 51.3 Å². The third-order valence-corrected chi connectivity index (χ3v) is 2.11. The van der Waals surface area contributed by atoms with Gasteiger partial charge in [0.05, 0.1) is 0 Å². The molecule has 0 atom stereocenters. The largest absolute Gasteiger partial charge is 0.490 e. The number of para-hydroxylation sites is 1. The third kappa shape index (κ3) is 3.68. The summed E-state index contributed by atoms with van der Waals surface area (Å²) in [6.45, 7) is 0.842. The maximum atomic E-state index is 11.0. The van der Waals surface area contributed by atoms with Gasteiger partial charge in [-0.05, 0) is 18.2 Å². The van der Waals surface area contributed by atoms with Crippen LogP contribution in [0.4, 0.5) is 0 Å². The van der Waals surface area contributed by atoms with Gasteiger partial charge < -0.3 is 14.5 Å². The normalized spacial score (nSPS) is 9.88. The molecule has 0 saturated carbocycles. The van der Waals surface area contributed by atoms with E-state index in [1.807, 2.05) is 30.3 Å². The van der Waals surface area contributed by atoms with E-state index in [9.17, 15) is 4.79 Å². The summed E-state index contributed by atoms with van der Waals surface area (Å²) < 4.78 is 10.8. The predicted octanol–water partition coefficient (Wildman–Crippen LogP) is 1.83. The van der Waals surface area contributed by atoms with Gasteiger partial charge in [-0.1, -0.05) is 18.2 Å². The molecule has 4 nitrogen and oxygen atoms in total. The van der Waals surface area contributed by atoms with Crippen LogP contribution in [0.15, 0.2) is 53.5 Å². The number of nitrogens with one attached hydrogen (secondary N) is 1. The van der Waals surface area contributed by atoms with Crippen LogP contribution in [0.2, 0.25) is 0 Å². The molecule has 1 aromatic carbocycles. The highest BCUT2D eigenvalue weighted by atomic mass is 16.5. The molecular formula is C13H13NO3. The Labute approximate surface area is 98.8 Å². The Morgan fingerprint density at radius 2 is 1.65 bits per heavy atom. The van der Waals surface area contributed by atoms with Gasteiger partial charge in [0.15, 0.2) is 0 Å². The van der Waals surface area contributed by atoms with Crippen LogP contribution in [0.3, 0.4) is 0 Å². The van der Waals surface area contributed by atoms with Crippen LogP contribution < -0.4 is 15.0 Å². The van der Waals surface area contributed by atoms with E-state index in [2.05, 4.69) is 4.98 Å². The van der Waals surface area contributed by atoms with Crippen molar-refractivity contribution in [1.29, 1.82) is 0 Å². The van der Waals surface area contributed by atoms with E-state index in [0.717, 1.165) is 5.75 Å². The summed E-state index contributed by atoms with van der Waals surface area (Å²) in [5, 5.41) is 0. The lowest BCUT2D eigenvalue weighted by Gasteiger charge is -2.07. The molecule has 2 aromatic rings. The van der Waals surface area contributed by atoms with E-state index in [1.54, 1.807) is 12.3 Å². The van der Waals surface area contributed by atoms with Gasteiger partial charge in [0.25, 0.3) is 5.56 Å². The molecule has 17 heavy (non-hydrogen) atoms. The molecule has 0 aliphatic carbocycles. The Hall–Kier alpha value is -2.23. The number of ether oxygens (including phenoxy) is 2. The van der Waals surface area contributed by atoms with Crippen molar-refractivity contribution in [3.05, 3.63) is 59.0 Å². The summed E-state index contributed by atoms with van der Waals surface area (Å²) >= 11 is 0. The van der Waals surface area contributed by atoms with Crippen molar-refractivity contribution in [2.75, 3.05) is 13.2 Å². The minimum atomic E-state index is -0.175. The molecule has 0 fully saturated rings. The smallest absolute Gasteiger partial charge is 0.251 e. The number of pyridine rings is 1. The van der Waals surface area contributed by atoms with Crippen molar-refractivity contribution < 1.29 is 9.47 Å². The van der Waals surface area contributed by atoms with Crippen molar-refractivity contribution in [2.45, 2.75) is 0 Å². The zero-order valence-corrected chi connectivity index (χ0v) is 9.26. The first-order chi connectivity index (χ1) is 8.34. The maximum Gasteiger partial charge on any atom is 0.251 e. The zero-order valence-electron chi connectivity index (χ0n) is 9.26. The molecule has 0 aliphatic rings. The van der Waals surface area contributed by atoms with E-state index in [0.29, 0.717) is 19.0 Å². The molecule has 1 aromatic heterocycles. The predicted molar refractivity (Wildman–Crippen MR) is 64.5 cm³/mol. The fourth-order valence-corrected chi connectivity index (χ4v) is 1.35. The minimum absolute atomic E-state index is 0.175. The summed E-state index contributed by atoms with van der Waals surface area (Å²) in [7, 11) is 0. The Kier molecular flexibility index (Phi) is 3.81. The maximum absolute atomic E-state index is 11.0. The summed E-state index contributed by atoms with van der Waals surface area (Å²) in [5.41, 5.74) is -0.175. The molecule has 0 saturated heterocycles. The average Bonchev–Trinajstić information content (AvgIpc) is 2.36. The fourth-order valence-electron chi connectivity index (χ4n) is 1.35. The second kappa shape index (κ2) is 5.75. The first-order valence-electron chi connectivity index (χ1n) is 5.34. The number of rotatable bonds is 5. The van der Waals surface area contributed by atoms with E-state index in [-0.39, 0.29) is 5.56 Å². The number of hydrogen-bond acceptors (Lipinski definition) is 3. The van der Waals surface area contributed by atoms with E-state index >= 15 is 0 Å². The van der Waals surface area contributed by atoms with Gasteiger partial charge in [-0.15, -0.1) is 0 Å². The number of aromatic nitrogens is 1. The van der Waals surface area contributed by atoms with E-state index in [4.69, 9.17) is 9.47 Å². The first-order valence-corrected chi connectivity index (χ1v) is 5.34. The van der Waals surface area contributed by atoms with Gasteiger partial charge in [0, 0.05) is 12.3 Å². The number of benzene rings is 1. The Bertz CT molecular complexity index is 507. The first kappa shape index (κ1) is 11.3. The standard InChI is InChI=1S/C13H13NO3/c15-13-10-12(6-7-14-13)17-9-8-16-11-4-2-1-3-5-11/h1-7,10H,8-9H2,(H,14,15). The van der Waals surface area contributed by atoms with E-state index in [1.165, 1.54) is 6.07 Å². The van der Waals surface area contributed by atoms with Crippen molar-refractivity contribution in [1.82, 2.24) is 4.98 Å². The van der Waals surface area contributed by atoms with Crippen molar-refractivity contribution in [3.8, 4) is 11.5 Å². The van der Waals surface area contributed by atoms with Crippen LogP contribution in [0.25, 0.3) is 0 Å². The lowest BCUT2D eigenvalue weighted by Crippen LogP contribution is -2.10. The highest BCUT2D eigenvalue weighted by Gasteiger charge is 1.95. The van der Waals surface area contributed by atoms with Crippen LogP contribution in [-0.2, 0) is 0 Å². The van der Waals surface area contributed by atoms with Gasteiger partial charge in [0.1, 0.15) is 24.7 Å². The highest BCUT2D eigenvalue weighted by Crippen LogP contribution is 2.08. The third-order valence-electron chi connectivity index (χ3n) is 2.11. The van der Waals surface area contributed by atoms with Crippen LogP contribution in [0, 0.1) is 0 Å². The zero-order chi connectivity index (χ0) is 11.9. The van der Waals surface area contributed by atoms with Crippen LogP contribution in [-0.4, -0.2) is 18.2 Å². The monoisotopic (exact) mass is 231 g/mol. The molecule has 0 amide bonds. The average molecular weight is 231 g/mol. The van der Waals surface area contributed by atoms with Crippen LogP contribution >= 0.6 is 0 Å². The lowest BCUT2D eigenvalue weighted by atomic mass is 10.3. The van der Waals surface area contributed by atoms with Gasteiger partial charge in [-0.2, -0.15) is 0 Å². The molecular weight excluding hydrogens is 218 g/mol. The SMILES string of the molecule is O=c1cc(OCCOc2ccccc2)cc[nH]1. The van der Waals surface area contributed by atoms with Gasteiger partial charge in [0.2, 0.25) is 0 Å².